The number of pyridine rings is 1. The van der Waals surface area contributed by atoms with Crippen molar-refractivity contribution in [2.45, 2.75) is 25.8 Å². The van der Waals surface area contributed by atoms with Crippen LogP contribution < -0.4 is 10.5 Å². The van der Waals surface area contributed by atoms with E-state index >= 15 is 0 Å². The highest BCUT2D eigenvalue weighted by Crippen LogP contribution is 2.12. The minimum Gasteiger partial charge on any atom is -0.490 e. The number of ether oxygens (including phenoxy) is 1. The molecular formula is C16H20N2O. The number of nitrogens with two attached hydrogens (primary N) is 1. The summed E-state index contributed by atoms with van der Waals surface area (Å²) >= 11 is 0. The quantitative estimate of drug-likeness (QED) is 0.864. The first-order valence-corrected chi connectivity index (χ1v) is 6.64. The second-order valence-electron chi connectivity index (χ2n) is 4.64. The Kier molecular flexibility index (Phi) is 4.93. The number of hydrogen-bond donors (Lipinski definition) is 1. The van der Waals surface area contributed by atoms with Crippen LogP contribution in [0.5, 0.6) is 5.75 Å². The molecule has 19 heavy (non-hydrogen) atoms. The summed E-state index contributed by atoms with van der Waals surface area (Å²) in [7, 11) is 0. The van der Waals surface area contributed by atoms with Crippen molar-refractivity contribution in [1.29, 1.82) is 0 Å². The Morgan fingerprint density at radius 1 is 1.16 bits per heavy atom. The van der Waals surface area contributed by atoms with Crippen molar-refractivity contribution in [3.63, 3.8) is 0 Å². The SMILES string of the molecule is CCc1cncc(OC[C@H](N)Cc2ccccc2)c1. The molecule has 2 N–H and O–H groups in total. The molecule has 0 saturated heterocycles. The maximum absolute atomic E-state index is 6.08. The Morgan fingerprint density at radius 3 is 2.68 bits per heavy atom. The molecule has 3 nitrogen and oxygen atoms in total. The summed E-state index contributed by atoms with van der Waals surface area (Å²) in [4.78, 5) is 4.15. The molecular weight excluding hydrogens is 236 g/mol. The van der Waals surface area contributed by atoms with Crippen LogP contribution in [0.4, 0.5) is 0 Å². The Morgan fingerprint density at radius 2 is 1.95 bits per heavy atom. The molecule has 1 aromatic heterocycles. The lowest BCUT2D eigenvalue weighted by Gasteiger charge is -2.13. The molecule has 0 spiro atoms. The first-order chi connectivity index (χ1) is 9.28. The maximum Gasteiger partial charge on any atom is 0.137 e. The molecule has 0 radical (unpaired) electrons. The Balaban J connectivity index is 1.84. The Hall–Kier alpha value is -1.87. The highest BCUT2D eigenvalue weighted by atomic mass is 16.5. The lowest BCUT2D eigenvalue weighted by Crippen LogP contribution is -2.30. The average molecular weight is 256 g/mol. The van der Waals surface area contributed by atoms with Crippen molar-refractivity contribution in [1.82, 2.24) is 4.98 Å². The molecule has 0 bridgehead atoms. The van der Waals surface area contributed by atoms with Crippen LogP contribution in [0, 0.1) is 0 Å². The van der Waals surface area contributed by atoms with Gasteiger partial charge < -0.3 is 10.5 Å². The van der Waals surface area contributed by atoms with E-state index < -0.39 is 0 Å². The monoisotopic (exact) mass is 256 g/mol. The third-order valence-electron chi connectivity index (χ3n) is 2.98. The average Bonchev–Trinajstić information content (AvgIpc) is 2.46. The first kappa shape index (κ1) is 13.6. The topological polar surface area (TPSA) is 48.1 Å². The predicted octanol–water partition coefficient (Wildman–Crippen LogP) is 2.59. The minimum absolute atomic E-state index is 0.00678. The molecule has 0 unspecified atom stereocenters. The molecule has 1 heterocycles. The van der Waals surface area contributed by atoms with Crippen molar-refractivity contribution in [2.75, 3.05) is 6.61 Å². The largest absolute Gasteiger partial charge is 0.490 e. The van der Waals surface area contributed by atoms with Crippen LogP contribution in [-0.2, 0) is 12.8 Å². The van der Waals surface area contributed by atoms with Crippen molar-refractivity contribution in [3.05, 3.63) is 59.9 Å². The maximum atomic E-state index is 6.08. The van der Waals surface area contributed by atoms with E-state index in [1.54, 1.807) is 6.20 Å². The molecule has 1 aromatic carbocycles. The van der Waals surface area contributed by atoms with Crippen LogP contribution in [0.2, 0.25) is 0 Å². The van der Waals surface area contributed by atoms with E-state index in [1.165, 1.54) is 11.1 Å². The van der Waals surface area contributed by atoms with Gasteiger partial charge in [-0.3, -0.25) is 4.98 Å². The smallest absolute Gasteiger partial charge is 0.137 e. The van der Waals surface area contributed by atoms with Gasteiger partial charge in [0.05, 0.1) is 6.20 Å². The van der Waals surface area contributed by atoms with Crippen LogP contribution >= 0.6 is 0 Å². The van der Waals surface area contributed by atoms with Gasteiger partial charge in [0.2, 0.25) is 0 Å². The van der Waals surface area contributed by atoms with E-state index in [1.807, 2.05) is 30.5 Å². The third kappa shape index (κ3) is 4.38. The summed E-state index contributed by atoms with van der Waals surface area (Å²) < 4.78 is 5.69. The predicted molar refractivity (Wildman–Crippen MR) is 77.2 cm³/mol. The Labute approximate surface area is 114 Å². The highest BCUT2D eigenvalue weighted by Gasteiger charge is 2.05. The van der Waals surface area contributed by atoms with Crippen LogP contribution in [0.25, 0.3) is 0 Å². The van der Waals surface area contributed by atoms with Gasteiger partial charge >= 0.3 is 0 Å². The number of aryl methyl sites for hydroxylation is 1. The molecule has 0 aliphatic carbocycles. The van der Waals surface area contributed by atoms with Gasteiger partial charge in [0.25, 0.3) is 0 Å². The van der Waals surface area contributed by atoms with E-state index in [0.717, 1.165) is 18.6 Å². The van der Waals surface area contributed by atoms with Crippen LogP contribution in [0.1, 0.15) is 18.1 Å². The van der Waals surface area contributed by atoms with Gasteiger partial charge in [-0.1, -0.05) is 37.3 Å². The fourth-order valence-electron chi connectivity index (χ4n) is 1.92. The summed E-state index contributed by atoms with van der Waals surface area (Å²) in [6.07, 6.45) is 5.37. The highest BCUT2D eigenvalue weighted by molar-refractivity contribution is 5.23. The molecule has 100 valence electrons. The zero-order chi connectivity index (χ0) is 13.5. The zero-order valence-electron chi connectivity index (χ0n) is 11.3. The number of benzene rings is 1. The molecule has 0 amide bonds. The lowest BCUT2D eigenvalue weighted by molar-refractivity contribution is 0.286. The van der Waals surface area contributed by atoms with Crippen molar-refractivity contribution in [3.8, 4) is 5.75 Å². The van der Waals surface area contributed by atoms with Gasteiger partial charge in [0, 0.05) is 12.2 Å². The second-order valence-corrected chi connectivity index (χ2v) is 4.64. The van der Waals surface area contributed by atoms with Crippen molar-refractivity contribution < 1.29 is 4.74 Å². The summed E-state index contributed by atoms with van der Waals surface area (Å²) in [6, 6.07) is 12.2. The summed E-state index contributed by atoms with van der Waals surface area (Å²) in [5.74, 6) is 0.794. The van der Waals surface area contributed by atoms with Crippen LogP contribution in [0.15, 0.2) is 48.8 Å². The van der Waals surface area contributed by atoms with Crippen LogP contribution in [-0.4, -0.2) is 17.6 Å². The second kappa shape index (κ2) is 6.90. The van der Waals surface area contributed by atoms with Gasteiger partial charge in [-0.2, -0.15) is 0 Å². The minimum atomic E-state index is -0.00678. The first-order valence-electron chi connectivity index (χ1n) is 6.64. The van der Waals surface area contributed by atoms with Gasteiger partial charge in [0.1, 0.15) is 12.4 Å². The molecule has 0 aliphatic rings. The zero-order valence-corrected chi connectivity index (χ0v) is 11.3. The Bertz CT molecular complexity index is 499. The third-order valence-corrected chi connectivity index (χ3v) is 2.98. The van der Waals surface area contributed by atoms with Crippen LogP contribution in [0.3, 0.4) is 0 Å². The molecule has 0 saturated carbocycles. The lowest BCUT2D eigenvalue weighted by atomic mass is 10.1. The normalized spacial score (nSPS) is 12.1. The number of hydrogen-bond acceptors (Lipinski definition) is 3. The summed E-state index contributed by atoms with van der Waals surface area (Å²) in [6.45, 7) is 2.60. The van der Waals surface area contributed by atoms with E-state index in [0.29, 0.717) is 6.61 Å². The summed E-state index contributed by atoms with van der Waals surface area (Å²) in [5.41, 5.74) is 8.49. The summed E-state index contributed by atoms with van der Waals surface area (Å²) in [5, 5.41) is 0. The van der Waals surface area contributed by atoms with Gasteiger partial charge in [-0.05, 0) is 30.0 Å². The molecule has 2 rings (SSSR count). The fraction of sp³-hybridized carbons (Fsp3) is 0.312. The van der Waals surface area contributed by atoms with Crippen molar-refractivity contribution >= 4 is 0 Å². The van der Waals surface area contributed by atoms with Crippen molar-refractivity contribution in [2.24, 2.45) is 5.73 Å². The fourth-order valence-corrected chi connectivity index (χ4v) is 1.92. The molecule has 2 aromatic rings. The van der Waals surface area contributed by atoms with Gasteiger partial charge in [-0.15, -0.1) is 0 Å². The van der Waals surface area contributed by atoms with E-state index in [2.05, 4.69) is 24.0 Å². The number of rotatable bonds is 6. The molecule has 0 aliphatic heterocycles. The molecule has 3 heteroatoms. The van der Waals surface area contributed by atoms with E-state index in [9.17, 15) is 0 Å². The van der Waals surface area contributed by atoms with E-state index in [-0.39, 0.29) is 6.04 Å². The molecule has 0 fully saturated rings. The van der Waals surface area contributed by atoms with Gasteiger partial charge in [0.15, 0.2) is 0 Å². The standard InChI is InChI=1S/C16H20N2O/c1-2-13-9-16(11-18-10-13)19-12-15(17)8-14-6-4-3-5-7-14/h3-7,9-11,15H,2,8,12,17H2,1H3/t15-/m1/s1. The number of nitrogens with zero attached hydrogens (tertiary/aromatic N) is 1. The van der Waals surface area contributed by atoms with E-state index in [4.69, 9.17) is 10.5 Å². The molecule has 1 atom stereocenters. The van der Waals surface area contributed by atoms with Gasteiger partial charge in [-0.25, -0.2) is 0 Å². The number of aromatic nitrogens is 1.